The third kappa shape index (κ3) is 3.45. The van der Waals surface area contributed by atoms with Gasteiger partial charge < -0.3 is 16.0 Å². The van der Waals surface area contributed by atoms with Gasteiger partial charge in [0.2, 0.25) is 0 Å². The second-order valence-electron chi connectivity index (χ2n) is 6.35. The van der Waals surface area contributed by atoms with Crippen LogP contribution in [-0.4, -0.2) is 41.4 Å². The molecule has 0 bridgehead atoms. The van der Waals surface area contributed by atoms with Crippen molar-refractivity contribution in [2.75, 3.05) is 37.7 Å². The molecule has 0 amide bonds. The molecule has 114 valence electrons. The van der Waals surface area contributed by atoms with Crippen LogP contribution in [0.4, 0.5) is 11.5 Å². The summed E-state index contributed by atoms with van der Waals surface area (Å²) in [6.45, 7) is 9.68. The fraction of sp³-hybridized carbons (Fsp3) is 0.800. The van der Waals surface area contributed by atoms with E-state index in [-0.39, 0.29) is 0 Å². The summed E-state index contributed by atoms with van der Waals surface area (Å²) in [7, 11) is 2.21. The van der Waals surface area contributed by atoms with Gasteiger partial charge in [-0.25, -0.2) is 4.68 Å². The number of piperidine rings is 1. The van der Waals surface area contributed by atoms with Gasteiger partial charge in [-0.15, -0.1) is 0 Å². The monoisotopic (exact) mass is 279 g/mol. The van der Waals surface area contributed by atoms with E-state index in [1.807, 2.05) is 11.6 Å². The van der Waals surface area contributed by atoms with Crippen LogP contribution in [0.25, 0.3) is 0 Å². The molecule has 0 unspecified atom stereocenters. The van der Waals surface area contributed by atoms with E-state index in [9.17, 15) is 0 Å². The average molecular weight is 279 g/mol. The fourth-order valence-corrected chi connectivity index (χ4v) is 2.86. The number of rotatable bonds is 5. The molecule has 5 heteroatoms. The summed E-state index contributed by atoms with van der Waals surface area (Å²) in [6, 6.07) is 0.330. The highest BCUT2D eigenvalue weighted by atomic mass is 15.4. The van der Waals surface area contributed by atoms with E-state index in [1.54, 1.807) is 0 Å². The summed E-state index contributed by atoms with van der Waals surface area (Å²) in [5.74, 6) is 1.84. The third-order valence-corrected chi connectivity index (χ3v) is 4.30. The molecule has 2 heterocycles. The van der Waals surface area contributed by atoms with Crippen LogP contribution in [0.2, 0.25) is 0 Å². The molecule has 0 spiro atoms. The molecule has 2 rings (SSSR count). The average Bonchev–Trinajstić information content (AvgIpc) is 2.69. The molecule has 3 N–H and O–H groups in total. The molecule has 1 saturated heterocycles. The molecular formula is C15H29N5. The Morgan fingerprint density at radius 1 is 1.35 bits per heavy atom. The lowest BCUT2D eigenvalue weighted by Crippen LogP contribution is -2.31. The predicted molar refractivity (Wildman–Crippen MR) is 85.1 cm³/mol. The van der Waals surface area contributed by atoms with Crippen LogP contribution >= 0.6 is 0 Å². The van der Waals surface area contributed by atoms with E-state index >= 15 is 0 Å². The molecule has 1 aliphatic heterocycles. The van der Waals surface area contributed by atoms with Crippen molar-refractivity contribution in [1.82, 2.24) is 14.7 Å². The molecule has 1 aliphatic rings. The highest BCUT2D eigenvalue weighted by Gasteiger charge is 2.18. The SMILES string of the molecule is Cc1nn(C(C)C)c(NCCC2CCN(C)CC2)c1N. The van der Waals surface area contributed by atoms with E-state index in [0.29, 0.717) is 6.04 Å². The van der Waals surface area contributed by atoms with Crippen molar-refractivity contribution in [3.8, 4) is 0 Å². The molecule has 1 aromatic rings. The molecule has 20 heavy (non-hydrogen) atoms. The van der Waals surface area contributed by atoms with Crippen LogP contribution in [0, 0.1) is 12.8 Å². The van der Waals surface area contributed by atoms with Crippen molar-refractivity contribution >= 4 is 11.5 Å². The van der Waals surface area contributed by atoms with Gasteiger partial charge in [-0.1, -0.05) is 0 Å². The molecule has 5 nitrogen and oxygen atoms in total. The Balaban J connectivity index is 1.88. The number of nitrogens with zero attached hydrogens (tertiary/aromatic N) is 3. The Labute approximate surface area is 122 Å². The highest BCUT2D eigenvalue weighted by molar-refractivity contribution is 5.64. The first-order valence-corrected chi connectivity index (χ1v) is 7.76. The molecule has 0 aliphatic carbocycles. The first-order chi connectivity index (χ1) is 9.49. The lowest BCUT2D eigenvalue weighted by molar-refractivity contribution is 0.215. The van der Waals surface area contributed by atoms with Crippen molar-refractivity contribution in [3.05, 3.63) is 5.69 Å². The molecule has 0 atom stereocenters. The zero-order chi connectivity index (χ0) is 14.7. The lowest BCUT2D eigenvalue weighted by atomic mass is 9.94. The summed E-state index contributed by atoms with van der Waals surface area (Å²) >= 11 is 0. The first kappa shape index (κ1) is 15.2. The van der Waals surface area contributed by atoms with Crippen molar-refractivity contribution in [3.63, 3.8) is 0 Å². The summed E-state index contributed by atoms with van der Waals surface area (Å²) in [4.78, 5) is 2.42. The minimum atomic E-state index is 0.330. The van der Waals surface area contributed by atoms with Gasteiger partial charge >= 0.3 is 0 Å². The predicted octanol–water partition coefficient (Wildman–Crippen LogP) is 2.50. The zero-order valence-corrected chi connectivity index (χ0v) is 13.3. The Hall–Kier alpha value is -1.23. The van der Waals surface area contributed by atoms with Gasteiger partial charge in [0.15, 0.2) is 0 Å². The Morgan fingerprint density at radius 2 is 2.00 bits per heavy atom. The third-order valence-electron chi connectivity index (χ3n) is 4.30. The zero-order valence-electron chi connectivity index (χ0n) is 13.3. The number of hydrogen-bond donors (Lipinski definition) is 2. The second kappa shape index (κ2) is 6.48. The maximum atomic E-state index is 6.13. The molecule has 1 fully saturated rings. The number of likely N-dealkylation sites (tertiary alicyclic amines) is 1. The smallest absolute Gasteiger partial charge is 0.148 e. The lowest BCUT2D eigenvalue weighted by Gasteiger charge is -2.29. The van der Waals surface area contributed by atoms with E-state index < -0.39 is 0 Å². The van der Waals surface area contributed by atoms with Gasteiger partial charge in [-0.2, -0.15) is 5.10 Å². The van der Waals surface area contributed by atoms with Gasteiger partial charge in [-0.05, 0) is 66.1 Å². The first-order valence-electron chi connectivity index (χ1n) is 7.76. The van der Waals surface area contributed by atoms with Gasteiger partial charge in [0.1, 0.15) is 5.82 Å². The van der Waals surface area contributed by atoms with E-state index in [4.69, 9.17) is 5.73 Å². The normalized spacial score (nSPS) is 17.9. The summed E-state index contributed by atoms with van der Waals surface area (Å²) in [5, 5.41) is 8.01. The standard InChI is InChI=1S/C15H29N5/c1-11(2)20-15(14(16)12(3)18-20)17-8-5-13-6-9-19(4)10-7-13/h11,13,17H,5-10,16H2,1-4H3. The van der Waals surface area contributed by atoms with Crippen LogP contribution in [0.3, 0.4) is 0 Å². The molecular weight excluding hydrogens is 250 g/mol. The van der Waals surface area contributed by atoms with E-state index in [2.05, 4.69) is 36.2 Å². The topological polar surface area (TPSA) is 59.1 Å². The van der Waals surface area contributed by atoms with Crippen molar-refractivity contribution in [1.29, 1.82) is 0 Å². The van der Waals surface area contributed by atoms with E-state index in [1.165, 1.54) is 32.4 Å². The van der Waals surface area contributed by atoms with Crippen LogP contribution in [0.1, 0.15) is 44.8 Å². The Morgan fingerprint density at radius 3 is 2.60 bits per heavy atom. The van der Waals surface area contributed by atoms with Crippen molar-refractivity contribution < 1.29 is 0 Å². The van der Waals surface area contributed by atoms with Crippen LogP contribution in [0.5, 0.6) is 0 Å². The van der Waals surface area contributed by atoms with Crippen molar-refractivity contribution in [2.45, 2.75) is 46.1 Å². The number of hydrogen-bond acceptors (Lipinski definition) is 4. The largest absolute Gasteiger partial charge is 0.394 e. The van der Waals surface area contributed by atoms with Crippen molar-refractivity contribution in [2.24, 2.45) is 5.92 Å². The highest BCUT2D eigenvalue weighted by Crippen LogP contribution is 2.26. The number of nitrogens with two attached hydrogens (primary N) is 1. The number of nitrogen functional groups attached to an aromatic ring is 1. The number of aryl methyl sites for hydroxylation is 1. The quantitative estimate of drug-likeness (QED) is 0.869. The Bertz CT molecular complexity index is 430. The molecule has 0 aromatic carbocycles. The van der Waals surface area contributed by atoms with Gasteiger partial charge in [0, 0.05) is 12.6 Å². The number of aromatic nitrogens is 2. The molecule has 0 radical (unpaired) electrons. The fourth-order valence-electron chi connectivity index (χ4n) is 2.86. The molecule has 0 saturated carbocycles. The van der Waals surface area contributed by atoms with Crippen LogP contribution < -0.4 is 11.1 Å². The summed E-state index contributed by atoms with van der Waals surface area (Å²) < 4.78 is 2.00. The van der Waals surface area contributed by atoms with E-state index in [0.717, 1.165) is 29.7 Å². The van der Waals surface area contributed by atoms with Gasteiger partial charge in [-0.3, -0.25) is 0 Å². The number of anilines is 2. The molecule has 1 aromatic heterocycles. The maximum absolute atomic E-state index is 6.13. The minimum absolute atomic E-state index is 0.330. The minimum Gasteiger partial charge on any atom is -0.394 e. The van der Waals surface area contributed by atoms with Gasteiger partial charge in [0.25, 0.3) is 0 Å². The second-order valence-corrected chi connectivity index (χ2v) is 6.35. The summed E-state index contributed by atoms with van der Waals surface area (Å²) in [6.07, 6.45) is 3.85. The number of nitrogens with one attached hydrogen (secondary N) is 1. The van der Waals surface area contributed by atoms with Crippen LogP contribution in [0.15, 0.2) is 0 Å². The van der Waals surface area contributed by atoms with Gasteiger partial charge in [0.05, 0.1) is 11.4 Å². The Kier molecular flexibility index (Phi) is 4.91. The summed E-state index contributed by atoms with van der Waals surface area (Å²) in [5.41, 5.74) is 7.84. The maximum Gasteiger partial charge on any atom is 0.148 e. The van der Waals surface area contributed by atoms with Crippen LogP contribution in [-0.2, 0) is 0 Å².